The molecule has 3 heterocycles. The molecule has 0 bridgehead atoms. The molecule has 1 aliphatic rings. The maximum atomic E-state index is 13.6. The number of rotatable bonds is 4. The highest BCUT2D eigenvalue weighted by Crippen LogP contribution is 2.23. The number of carbonyl (C=O) groups is 1. The van der Waals surface area contributed by atoms with Gasteiger partial charge in [0.1, 0.15) is 11.5 Å². The smallest absolute Gasteiger partial charge is 0.259 e. The number of aromatic nitrogens is 4. The molecule has 1 aliphatic heterocycles. The molecule has 2 aromatic heterocycles. The Balaban J connectivity index is 1.52. The molecule has 0 spiro atoms. The maximum absolute atomic E-state index is 13.6. The van der Waals surface area contributed by atoms with Crippen LogP contribution < -0.4 is 15.5 Å². The van der Waals surface area contributed by atoms with E-state index in [1.54, 1.807) is 37.8 Å². The van der Waals surface area contributed by atoms with Crippen molar-refractivity contribution in [2.24, 2.45) is 7.05 Å². The third-order valence-electron chi connectivity index (χ3n) is 4.47. The number of aryl methyl sites for hydroxylation is 1. The fraction of sp³-hybridized carbons (Fsp3) is 0.263. The zero-order valence-corrected chi connectivity index (χ0v) is 15.4. The topological polar surface area (TPSA) is 88.0 Å². The van der Waals surface area contributed by atoms with Crippen LogP contribution in [0.1, 0.15) is 10.4 Å². The van der Waals surface area contributed by atoms with Crippen LogP contribution in [0.4, 0.5) is 16.0 Å². The molecule has 9 heteroatoms. The number of halogens is 1. The molecule has 1 aromatic carbocycles. The minimum Gasteiger partial charge on any atom is -0.338 e. The molecule has 4 rings (SSSR count). The molecule has 0 aliphatic carbocycles. The monoisotopic (exact) mass is 381 g/mol. The van der Waals surface area contributed by atoms with Gasteiger partial charge in [-0.05, 0) is 12.1 Å². The molecule has 0 unspecified atom stereocenters. The molecule has 1 saturated heterocycles. The summed E-state index contributed by atoms with van der Waals surface area (Å²) in [7, 11) is 1.71. The van der Waals surface area contributed by atoms with E-state index < -0.39 is 0 Å². The van der Waals surface area contributed by atoms with Gasteiger partial charge in [-0.1, -0.05) is 12.1 Å². The summed E-state index contributed by atoms with van der Waals surface area (Å²) in [5.41, 5.74) is 1.78. The van der Waals surface area contributed by atoms with Crippen LogP contribution in [0.5, 0.6) is 0 Å². The number of hydrogen-bond acceptors (Lipinski definition) is 6. The second-order valence-electron chi connectivity index (χ2n) is 6.54. The molecule has 144 valence electrons. The van der Waals surface area contributed by atoms with Gasteiger partial charge in [-0.2, -0.15) is 5.10 Å². The lowest BCUT2D eigenvalue weighted by Gasteiger charge is -2.27. The highest BCUT2D eigenvalue weighted by atomic mass is 19.1. The molecule has 1 fully saturated rings. The van der Waals surface area contributed by atoms with Crippen molar-refractivity contribution in [3.05, 3.63) is 54.2 Å². The third-order valence-corrected chi connectivity index (χ3v) is 4.47. The second kappa shape index (κ2) is 7.73. The number of carbonyl (C=O) groups excluding carboxylic acids is 1. The van der Waals surface area contributed by atoms with Crippen molar-refractivity contribution in [1.82, 2.24) is 25.1 Å². The number of hydrogen-bond donors (Lipinski definition) is 2. The summed E-state index contributed by atoms with van der Waals surface area (Å²) in [5, 5.41) is 10.4. The van der Waals surface area contributed by atoms with Crippen LogP contribution in [0.15, 0.2) is 42.9 Å². The van der Waals surface area contributed by atoms with Gasteiger partial charge in [0.2, 0.25) is 5.95 Å². The van der Waals surface area contributed by atoms with E-state index in [2.05, 4.69) is 30.6 Å². The van der Waals surface area contributed by atoms with Crippen LogP contribution >= 0.6 is 0 Å². The fourth-order valence-corrected chi connectivity index (χ4v) is 3.12. The Morgan fingerprint density at radius 1 is 1.21 bits per heavy atom. The van der Waals surface area contributed by atoms with Crippen molar-refractivity contribution in [3.8, 4) is 11.3 Å². The molecule has 0 radical (unpaired) electrons. The lowest BCUT2D eigenvalue weighted by Crippen LogP contribution is -2.44. The Hall–Kier alpha value is -3.33. The quantitative estimate of drug-likeness (QED) is 0.715. The minimum absolute atomic E-state index is 0.347. The van der Waals surface area contributed by atoms with Gasteiger partial charge < -0.3 is 15.5 Å². The van der Waals surface area contributed by atoms with Crippen molar-refractivity contribution in [3.63, 3.8) is 0 Å². The second-order valence-corrected chi connectivity index (χ2v) is 6.54. The Morgan fingerprint density at radius 3 is 2.68 bits per heavy atom. The minimum atomic E-state index is -0.383. The highest BCUT2D eigenvalue weighted by molar-refractivity contribution is 6.07. The van der Waals surface area contributed by atoms with Gasteiger partial charge in [0.15, 0.2) is 0 Å². The van der Waals surface area contributed by atoms with Crippen molar-refractivity contribution in [2.75, 3.05) is 36.4 Å². The van der Waals surface area contributed by atoms with E-state index in [0.717, 1.165) is 26.2 Å². The number of piperazine rings is 1. The average molecular weight is 381 g/mol. The van der Waals surface area contributed by atoms with E-state index in [1.807, 2.05) is 0 Å². The number of benzene rings is 1. The molecule has 3 aromatic rings. The van der Waals surface area contributed by atoms with Crippen LogP contribution in [0, 0.1) is 5.82 Å². The SMILES string of the molecule is Cn1cc(C(=O)Nc2cnc(N3CCNCC3)nc2)c(-c2cccc(F)c2)n1. The lowest BCUT2D eigenvalue weighted by atomic mass is 10.1. The van der Waals surface area contributed by atoms with E-state index in [-0.39, 0.29) is 11.7 Å². The number of anilines is 2. The van der Waals surface area contributed by atoms with Gasteiger partial charge >= 0.3 is 0 Å². The summed E-state index contributed by atoms with van der Waals surface area (Å²) in [5.74, 6) is -0.0985. The number of amides is 1. The summed E-state index contributed by atoms with van der Waals surface area (Å²) in [6.45, 7) is 3.48. The number of nitrogens with zero attached hydrogens (tertiary/aromatic N) is 5. The van der Waals surface area contributed by atoms with Crippen LogP contribution in [-0.4, -0.2) is 51.8 Å². The Kier molecular flexibility index (Phi) is 4.98. The molecule has 28 heavy (non-hydrogen) atoms. The highest BCUT2D eigenvalue weighted by Gasteiger charge is 2.18. The van der Waals surface area contributed by atoms with Gasteiger partial charge in [-0.15, -0.1) is 0 Å². The standard InChI is InChI=1S/C19H20FN7O/c1-26-12-16(17(25-26)13-3-2-4-14(20)9-13)18(28)24-15-10-22-19(23-11-15)27-7-5-21-6-8-27/h2-4,9-12,21H,5-8H2,1H3,(H,24,28). The average Bonchev–Trinajstić information content (AvgIpc) is 3.11. The molecular weight excluding hydrogens is 361 g/mol. The molecule has 8 nitrogen and oxygen atoms in total. The summed E-state index contributed by atoms with van der Waals surface area (Å²) in [6, 6.07) is 6.01. The van der Waals surface area contributed by atoms with E-state index in [9.17, 15) is 9.18 Å². The Labute approximate surface area is 161 Å². The largest absolute Gasteiger partial charge is 0.338 e. The van der Waals surface area contributed by atoms with Gasteiger partial charge in [-0.3, -0.25) is 9.48 Å². The summed E-state index contributed by atoms with van der Waals surface area (Å²) in [6.07, 6.45) is 4.77. The first-order valence-corrected chi connectivity index (χ1v) is 8.99. The van der Waals surface area contributed by atoms with E-state index in [0.29, 0.717) is 28.5 Å². The van der Waals surface area contributed by atoms with E-state index in [4.69, 9.17) is 0 Å². The molecule has 0 atom stereocenters. The van der Waals surface area contributed by atoms with Crippen molar-refractivity contribution in [1.29, 1.82) is 0 Å². The van der Waals surface area contributed by atoms with E-state index >= 15 is 0 Å². The first-order chi connectivity index (χ1) is 13.6. The fourth-order valence-electron chi connectivity index (χ4n) is 3.12. The van der Waals surface area contributed by atoms with Gasteiger partial charge in [-0.25, -0.2) is 14.4 Å². The lowest BCUT2D eigenvalue weighted by molar-refractivity contribution is 0.102. The Bertz CT molecular complexity index is 980. The van der Waals surface area contributed by atoms with E-state index in [1.165, 1.54) is 16.8 Å². The summed E-state index contributed by atoms with van der Waals surface area (Å²) in [4.78, 5) is 23.5. The zero-order chi connectivity index (χ0) is 19.5. The summed E-state index contributed by atoms with van der Waals surface area (Å²) < 4.78 is 15.1. The van der Waals surface area contributed by atoms with Crippen LogP contribution in [0.3, 0.4) is 0 Å². The van der Waals surface area contributed by atoms with Crippen LogP contribution in [0.2, 0.25) is 0 Å². The number of nitrogens with one attached hydrogen (secondary N) is 2. The summed E-state index contributed by atoms with van der Waals surface area (Å²) >= 11 is 0. The normalized spacial score (nSPS) is 14.1. The molecule has 1 amide bonds. The first-order valence-electron chi connectivity index (χ1n) is 8.99. The van der Waals surface area contributed by atoms with Crippen LogP contribution in [-0.2, 0) is 7.05 Å². The predicted molar refractivity (Wildman–Crippen MR) is 104 cm³/mol. The van der Waals surface area contributed by atoms with Crippen molar-refractivity contribution in [2.45, 2.75) is 0 Å². The van der Waals surface area contributed by atoms with Gasteiger partial charge in [0, 0.05) is 45.0 Å². The molecule has 0 saturated carbocycles. The van der Waals surface area contributed by atoms with Crippen molar-refractivity contribution < 1.29 is 9.18 Å². The molecule has 2 N–H and O–H groups in total. The molecular formula is C19H20FN7O. The Morgan fingerprint density at radius 2 is 1.96 bits per heavy atom. The van der Waals surface area contributed by atoms with Gasteiger partial charge in [0.05, 0.1) is 23.6 Å². The van der Waals surface area contributed by atoms with Gasteiger partial charge in [0.25, 0.3) is 5.91 Å². The predicted octanol–water partition coefficient (Wildman–Crippen LogP) is 1.68. The van der Waals surface area contributed by atoms with Crippen molar-refractivity contribution >= 4 is 17.5 Å². The third kappa shape index (κ3) is 3.84. The zero-order valence-electron chi connectivity index (χ0n) is 15.4. The van der Waals surface area contributed by atoms with Crippen LogP contribution in [0.25, 0.3) is 11.3 Å². The maximum Gasteiger partial charge on any atom is 0.259 e. The first kappa shape index (κ1) is 18.1.